The number of hydrogen-bond acceptors (Lipinski definition) is 2. The van der Waals surface area contributed by atoms with Gasteiger partial charge < -0.3 is 10.6 Å². The molecule has 1 saturated heterocycles. The zero-order valence-electron chi connectivity index (χ0n) is 9.49. The predicted molar refractivity (Wildman–Crippen MR) is 64.1 cm³/mol. The fraction of sp³-hybridized carbons (Fsp3) is 0.417. The molecule has 0 saturated carbocycles. The zero-order chi connectivity index (χ0) is 12.6. The van der Waals surface area contributed by atoms with E-state index in [1.807, 2.05) is 6.92 Å². The molecule has 1 aromatic carbocycles. The molecular weight excluding hydrogens is 243 g/mol. The zero-order valence-corrected chi connectivity index (χ0v) is 10.2. The summed E-state index contributed by atoms with van der Waals surface area (Å²) in [5.41, 5.74) is 6.60. The second-order valence-corrected chi connectivity index (χ2v) is 4.63. The number of rotatable bonds is 2. The van der Waals surface area contributed by atoms with Crippen molar-refractivity contribution in [2.75, 3.05) is 6.54 Å². The molecule has 0 radical (unpaired) electrons. The van der Waals surface area contributed by atoms with E-state index in [9.17, 15) is 9.18 Å². The Kier molecular flexibility index (Phi) is 3.35. The van der Waals surface area contributed by atoms with E-state index in [-0.39, 0.29) is 18.0 Å². The van der Waals surface area contributed by atoms with Gasteiger partial charge in [0.25, 0.3) is 0 Å². The number of carbonyl (C=O) groups excluding carboxylic acids is 1. The van der Waals surface area contributed by atoms with Crippen molar-refractivity contribution < 1.29 is 9.18 Å². The van der Waals surface area contributed by atoms with Crippen LogP contribution in [-0.2, 0) is 4.79 Å². The molecule has 1 aliphatic rings. The fourth-order valence-electron chi connectivity index (χ4n) is 2.36. The van der Waals surface area contributed by atoms with Crippen LogP contribution in [0.2, 0.25) is 5.02 Å². The first-order chi connectivity index (χ1) is 8.02. The maximum atomic E-state index is 13.3. The van der Waals surface area contributed by atoms with Gasteiger partial charge >= 0.3 is 0 Å². The standard InChI is InChI=1S/C12H14ClFN2O/c1-2-16-11(17)6-10(15)12(16)7-3-8(13)5-9(14)4-7/h3-5,10,12H,2,6,15H2,1H3. The highest BCUT2D eigenvalue weighted by molar-refractivity contribution is 6.30. The fourth-order valence-corrected chi connectivity index (χ4v) is 2.59. The SMILES string of the molecule is CCN1C(=O)CC(N)C1c1cc(F)cc(Cl)c1. The van der Waals surface area contributed by atoms with Crippen molar-refractivity contribution in [3.63, 3.8) is 0 Å². The molecule has 2 N–H and O–H groups in total. The summed E-state index contributed by atoms with van der Waals surface area (Å²) in [5.74, 6) is -0.402. The molecule has 2 unspecified atom stereocenters. The lowest BCUT2D eigenvalue weighted by Gasteiger charge is -2.26. The minimum Gasteiger partial charge on any atom is -0.334 e. The molecule has 2 atom stereocenters. The molecule has 3 nitrogen and oxygen atoms in total. The highest BCUT2D eigenvalue weighted by Crippen LogP contribution is 2.33. The molecule has 0 aromatic heterocycles. The molecule has 0 aliphatic carbocycles. The van der Waals surface area contributed by atoms with Gasteiger partial charge in [-0.05, 0) is 30.7 Å². The summed E-state index contributed by atoms with van der Waals surface area (Å²) in [6, 6.07) is 3.71. The average Bonchev–Trinajstić information content (AvgIpc) is 2.51. The van der Waals surface area contributed by atoms with E-state index in [4.69, 9.17) is 17.3 Å². The molecular formula is C12H14ClFN2O. The van der Waals surface area contributed by atoms with Gasteiger partial charge in [0, 0.05) is 24.0 Å². The van der Waals surface area contributed by atoms with Crippen LogP contribution in [-0.4, -0.2) is 23.4 Å². The van der Waals surface area contributed by atoms with Crippen molar-refractivity contribution in [1.82, 2.24) is 4.90 Å². The molecule has 1 aromatic rings. The molecule has 5 heteroatoms. The van der Waals surface area contributed by atoms with Gasteiger partial charge in [-0.2, -0.15) is 0 Å². The van der Waals surface area contributed by atoms with E-state index < -0.39 is 5.82 Å². The van der Waals surface area contributed by atoms with Crippen molar-refractivity contribution in [1.29, 1.82) is 0 Å². The number of hydrogen-bond donors (Lipinski definition) is 1. The number of nitrogens with zero attached hydrogens (tertiary/aromatic N) is 1. The van der Waals surface area contributed by atoms with Crippen LogP contribution in [0.15, 0.2) is 18.2 Å². The Balaban J connectivity index is 2.40. The Bertz CT molecular complexity index is 432. The van der Waals surface area contributed by atoms with E-state index >= 15 is 0 Å². The van der Waals surface area contributed by atoms with Crippen molar-refractivity contribution in [3.05, 3.63) is 34.6 Å². The third-order valence-corrected chi connectivity index (χ3v) is 3.26. The number of likely N-dealkylation sites (tertiary alicyclic amines) is 1. The normalized spacial score (nSPS) is 24.5. The second kappa shape index (κ2) is 4.63. The maximum Gasteiger partial charge on any atom is 0.224 e. The summed E-state index contributed by atoms with van der Waals surface area (Å²) in [6.07, 6.45) is 0.298. The molecule has 92 valence electrons. The number of nitrogens with two attached hydrogens (primary N) is 1. The minimum atomic E-state index is -0.407. The van der Waals surface area contributed by atoms with Crippen LogP contribution in [0, 0.1) is 5.82 Å². The quantitative estimate of drug-likeness (QED) is 0.881. The van der Waals surface area contributed by atoms with Crippen LogP contribution in [0.4, 0.5) is 4.39 Å². The van der Waals surface area contributed by atoms with Crippen LogP contribution in [0.25, 0.3) is 0 Å². The molecule has 0 spiro atoms. The summed E-state index contributed by atoms with van der Waals surface area (Å²) >= 11 is 5.82. The van der Waals surface area contributed by atoms with Gasteiger partial charge in [-0.3, -0.25) is 4.79 Å². The van der Waals surface area contributed by atoms with E-state index in [0.717, 1.165) is 0 Å². The van der Waals surface area contributed by atoms with Gasteiger partial charge in [0.05, 0.1) is 6.04 Å². The van der Waals surface area contributed by atoms with Crippen molar-refractivity contribution in [3.8, 4) is 0 Å². The van der Waals surface area contributed by atoms with Gasteiger partial charge in [-0.15, -0.1) is 0 Å². The first kappa shape index (κ1) is 12.3. The monoisotopic (exact) mass is 256 g/mol. The van der Waals surface area contributed by atoms with Crippen LogP contribution in [0.1, 0.15) is 24.9 Å². The molecule has 1 amide bonds. The smallest absolute Gasteiger partial charge is 0.224 e. The van der Waals surface area contributed by atoms with Crippen LogP contribution < -0.4 is 5.73 Å². The number of benzene rings is 1. The van der Waals surface area contributed by atoms with Gasteiger partial charge in [0.15, 0.2) is 0 Å². The topological polar surface area (TPSA) is 46.3 Å². The van der Waals surface area contributed by atoms with Crippen LogP contribution in [0.3, 0.4) is 0 Å². The Morgan fingerprint density at radius 3 is 2.82 bits per heavy atom. The molecule has 17 heavy (non-hydrogen) atoms. The lowest BCUT2D eigenvalue weighted by Crippen LogP contribution is -2.32. The Morgan fingerprint density at radius 1 is 1.53 bits per heavy atom. The number of carbonyl (C=O) groups is 1. The van der Waals surface area contributed by atoms with Crippen LogP contribution >= 0.6 is 11.6 Å². The summed E-state index contributed by atoms with van der Waals surface area (Å²) in [4.78, 5) is 13.4. The first-order valence-electron chi connectivity index (χ1n) is 5.54. The summed E-state index contributed by atoms with van der Waals surface area (Å²) < 4.78 is 13.3. The third-order valence-electron chi connectivity index (χ3n) is 3.04. The van der Waals surface area contributed by atoms with Gasteiger partial charge in [0.2, 0.25) is 5.91 Å². The lowest BCUT2D eigenvalue weighted by molar-refractivity contribution is -0.128. The third kappa shape index (κ3) is 2.28. The predicted octanol–water partition coefficient (Wildman–Crippen LogP) is 2.10. The van der Waals surface area contributed by atoms with E-state index in [0.29, 0.717) is 23.6 Å². The number of halogens is 2. The van der Waals surface area contributed by atoms with Crippen molar-refractivity contribution >= 4 is 17.5 Å². The number of likely N-dealkylation sites (N-methyl/N-ethyl adjacent to an activating group) is 1. The molecule has 2 rings (SSSR count). The first-order valence-corrected chi connectivity index (χ1v) is 5.91. The highest BCUT2D eigenvalue weighted by Gasteiger charge is 2.37. The van der Waals surface area contributed by atoms with E-state index in [1.54, 1.807) is 11.0 Å². The summed E-state index contributed by atoms with van der Waals surface area (Å²) in [6.45, 7) is 2.44. The molecule has 1 aliphatic heterocycles. The summed E-state index contributed by atoms with van der Waals surface area (Å²) in [5, 5.41) is 0.322. The van der Waals surface area contributed by atoms with Gasteiger partial charge in [-0.1, -0.05) is 11.6 Å². The maximum absolute atomic E-state index is 13.3. The molecule has 1 heterocycles. The Morgan fingerprint density at radius 2 is 2.24 bits per heavy atom. The Hall–Kier alpha value is -1.13. The van der Waals surface area contributed by atoms with Crippen molar-refractivity contribution in [2.45, 2.75) is 25.4 Å². The highest BCUT2D eigenvalue weighted by atomic mass is 35.5. The lowest BCUT2D eigenvalue weighted by atomic mass is 10.0. The largest absolute Gasteiger partial charge is 0.334 e. The van der Waals surface area contributed by atoms with Gasteiger partial charge in [0.1, 0.15) is 5.82 Å². The Labute approximate surface area is 104 Å². The van der Waals surface area contributed by atoms with Gasteiger partial charge in [-0.25, -0.2) is 4.39 Å². The van der Waals surface area contributed by atoms with Crippen LogP contribution in [0.5, 0.6) is 0 Å². The second-order valence-electron chi connectivity index (χ2n) is 4.20. The van der Waals surface area contributed by atoms with Crippen molar-refractivity contribution in [2.24, 2.45) is 5.73 Å². The van der Waals surface area contributed by atoms with E-state index in [2.05, 4.69) is 0 Å². The van der Waals surface area contributed by atoms with E-state index in [1.165, 1.54) is 12.1 Å². The number of amides is 1. The minimum absolute atomic E-state index is 0.00498. The summed E-state index contributed by atoms with van der Waals surface area (Å²) in [7, 11) is 0. The molecule has 1 fully saturated rings. The average molecular weight is 257 g/mol. The molecule has 0 bridgehead atoms.